The molecule has 104 valence electrons. The quantitative estimate of drug-likeness (QED) is 0.799. The molecule has 0 spiro atoms. The first kappa shape index (κ1) is 14.2. The monoisotopic (exact) mass is 271 g/mol. The summed E-state index contributed by atoms with van der Waals surface area (Å²) in [6.07, 6.45) is 2.15. The lowest BCUT2D eigenvalue weighted by Gasteiger charge is -2.34. The Morgan fingerprint density at radius 3 is 2.94 bits per heavy atom. The summed E-state index contributed by atoms with van der Waals surface area (Å²) in [7, 11) is 2.16. The standard InChI is InChI=1S/C13H25N3OS/c1-3-11-9-15(2)6-4-7-16(11)13(17)12-10-18-8-5-14-12/h11-12,14H,3-10H2,1-2H3. The first-order valence-corrected chi connectivity index (χ1v) is 8.18. The Bertz CT molecular complexity index is 281. The Hall–Kier alpha value is -0.260. The van der Waals surface area contributed by atoms with Crippen LogP contribution in [0.2, 0.25) is 0 Å². The highest BCUT2D eigenvalue weighted by molar-refractivity contribution is 7.99. The van der Waals surface area contributed by atoms with Crippen molar-refractivity contribution >= 4 is 17.7 Å². The van der Waals surface area contributed by atoms with Crippen LogP contribution in [0.1, 0.15) is 19.8 Å². The van der Waals surface area contributed by atoms with E-state index in [0.717, 1.165) is 50.5 Å². The fourth-order valence-corrected chi connectivity index (χ4v) is 3.73. The molecule has 0 saturated carbocycles. The summed E-state index contributed by atoms with van der Waals surface area (Å²) in [6, 6.07) is 0.430. The molecule has 1 amide bonds. The normalized spacial score (nSPS) is 31.1. The van der Waals surface area contributed by atoms with Gasteiger partial charge in [-0.25, -0.2) is 0 Å². The molecule has 5 heteroatoms. The number of thioether (sulfide) groups is 1. The molecule has 4 nitrogen and oxygen atoms in total. The fourth-order valence-electron chi connectivity index (χ4n) is 2.81. The molecule has 2 unspecified atom stereocenters. The predicted octanol–water partition coefficient (Wildman–Crippen LogP) is 0.634. The number of nitrogens with one attached hydrogen (secondary N) is 1. The van der Waals surface area contributed by atoms with Gasteiger partial charge in [-0.15, -0.1) is 0 Å². The molecule has 0 aliphatic carbocycles. The van der Waals surface area contributed by atoms with Gasteiger partial charge in [0.2, 0.25) is 5.91 Å². The largest absolute Gasteiger partial charge is 0.337 e. The van der Waals surface area contributed by atoms with Gasteiger partial charge in [0, 0.05) is 37.2 Å². The molecule has 2 aliphatic heterocycles. The van der Waals surface area contributed by atoms with Gasteiger partial charge in [-0.3, -0.25) is 4.79 Å². The van der Waals surface area contributed by atoms with E-state index in [0.29, 0.717) is 11.9 Å². The summed E-state index contributed by atoms with van der Waals surface area (Å²) >= 11 is 1.89. The molecule has 0 bridgehead atoms. The second-order valence-electron chi connectivity index (χ2n) is 5.29. The predicted molar refractivity (Wildman–Crippen MR) is 77.0 cm³/mol. The molecular formula is C13H25N3OS. The molecule has 2 aliphatic rings. The average molecular weight is 271 g/mol. The lowest BCUT2D eigenvalue weighted by molar-refractivity contribution is -0.135. The van der Waals surface area contributed by atoms with Crippen molar-refractivity contribution in [2.75, 3.05) is 44.7 Å². The van der Waals surface area contributed by atoms with Crippen LogP contribution in [0.5, 0.6) is 0 Å². The van der Waals surface area contributed by atoms with Crippen molar-refractivity contribution in [3.63, 3.8) is 0 Å². The van der Waals surface area contributed by atoms with Gasteiger partial charge < -0.3 is 15.1 Å². The lowest BCUT2D eigenvalue weighted by Crippen LogP contribution is -2.54. The van der Waals surface area contributed by atoms with Crippen LogP contribution >= 0.6 is 11.8 Å². The number of likely N-dealkylation sites (N-methyl/N-ethyl adjacent to an activating group) is 1. The van der Waals surface area contributed by atoms with Crippen LogP contribution in [0.25, 0.3) is 0 Å². The van der Waals surface area contributed by atoms with E-state index in [4.69, 9.17) is 0 Å². The van der Waals surface area contributed by atoms with E-state index in [1.807, 2.05) is 11.8 Å². The highest BCUT2D eigenvalue weighted by atomic mass is 32.2. The fraction of sp³-hybridized carbons (Fsp3) is 0.923. The SMILES string of the molecule is CCC1CN(C)CCCN1C(=O)C1CSCCN1. The Morgan fingerprint density at radius 1 is 1.44 bits per heavy atom. The lowest BCUT2D eigenvalue weighted by atomic mass is 10.1. The minimum atomic E-state index is 0.0428. The zero-order chi connectivity index (χ0) is 13.0. The first-order valence-electron chi connectivity index (χ1n) is 7.02. The summed E-state index contributed by atoms with van der Waals surface area (Å²) in [5, 5.41) is 3.37. The van der Waals surface area contributed by atoms with Crippen molar-refractivity contribution in [2.24, 2.45) is 0 Å². The Labute approximate surface area is 114 Å². The second-order valence-corrected chi connectivity index (χ2v) is 6.44. The molecule has 2 rings (SSSR count). The Balaban J connectivity index is 2.01. The van der Waals surface area contributed by atoms with Crippen LogP contribution in [0.15, 0.2) is 0 Å². The van der Waals surface area contributed by atoms with Crippen LogP contribution in [0, 0.1) is 0 Å². The third-order valence-corrected chi connectivity index (χ3v) is 4.94. The Morgan fingerprint density at radius 2 is 2.28 bits per heavy atom. The number of amides is 1. The van der Waals surface area contributed by atoms with E-state index in [1.54, 1.807) is 0 Å². The van der Waals surface area contributed by atoms with Crippen molar-refractivity contribution in [2.45, 2.75) is 31.8 Å². The van der Waals surface area contributed by atoms with E-state index in [2.05, 4.69) is 29.1 Å². The van der Waals surface area contributed by atoms with Crippen LogP contribution < -0.4 is 5.32 Å². The second kappa shape index (κ2) is 6.78. The highest BCUT2D eigenvalue weighted by Crippen LogP contribution is 2.16. The van der Waals surface area contributed by atoms with E-state index in [1.165, 1.54) is 0 Å². The summed E-state index contributed by atoms with van der Waals surface area (Å²) in [5.74, 6) is 2.38. The molecule has 0 aromatic carbocycles. The zero-order valence-corrected chi connectivity index (χ0v) is 12.3. The van der Waals surface area contributed by atoms with Gasteiger partial charge in [-0.05, 0) is 26.4 Å². The van der Waals surface area contributed by atoms with Gasteiger partial charge in [0.05, 0.1) is 6.04 Å². The van der Waals surface area contributed by atoms with E-state index in [-0.39, 0.29) is 6.04 Å². The number of nitrogens with zero attached hydrogens (tertiary/aromatic N) is 2. The molecule has 2 fully saturated rings. The molecular weight excluding hydrogens is 246 g/mol. The van der Waals surface area contributed by atoms with E-state index in [9.17, 15) is 4.79 Å². The molecule has 0 aromatic rings. The summed E-state index contributed by atoms with van der Waals surface area (Å²) in [6.45, 7) is 6.19. The minimum Gasteiger partial charge on any atom is -0.337 e. The van der Waals surface area contributed by atoms with Crippen molar-refractivity contribution in [1.29, 1.82) is 0 Å². The van der Waals surface area contributed by atoms with Crippen LogP contribution in [0.3, 0.4) is 0 Å². The number of carbonyl (C=O) groups is 1. The van der Waals surface area contributed by atoms with Crippen molar-refractivity contribution < 1.29 is 4.79 Å². The van der Waals surface area contributed by atoms with Gasteiger partial charge >= 0.3 is 0 Å². The van der Waals surface area contributed by atoms with Crippen LogP contribution in [-0.2, 0) is 4.79 Å². The minimum absolute atomic E-state index is 0.0428. The number of rotatable bonds is 2. The molecule has 2 saturated heterocycles. The van der Waals surface area contributed by atoms with Crippen molar-refractivity contribution in [3.8, 4) is 0 Å². The van der Waals surface area contributed by atoms with Crippen LogP contribution in [-0.4, -0.2) is 72.5 Å². The molecule has 2 atom stereocenters. The third-order valence-electron chi connectivity index (χ3n) is 3.88. The molecule has 0 radical (unpaired) electrons. The smallest absolute Gasteiger partial charge is 0.240 e. The van der Waals surface area contributed by atoms with Gasteiger partial charge in [-0.2, -0.15) is 11.8 Å². The van der Waals surface area contributed by atoms with Gasteiger partial charge in [-0.1, -0.05) is 6.92 Å². The Kier molecular flexibility index (Phi) is 5.33. The molecule has 1 N–H and O–H groups in total. The number of hydrogen-bond donors (Lipinski definition) is 1. The van der Waals surface area contributed by atoms with Gasteiger partial charge in [0.1, 0.15) is 0 Å². The molecule has 0 aromatic heterocycles. The number of carbonyl (C=O) groups excluding carboxylic acids is 1. The molecule has 18 heavy (non-hydrogen) atoms. The maximum atomic E-state index is 12.6. The summed E-state index contributed by atoms with van der Waals surface area (Å²) in [4.78, 5) is 17.1. The first-order chi connectivity index (χ1) is 8.72. The molecule has 2 heterocycles. The van der Waals surface area contributed by atoms with Gasteiger partial charge in [0.15, 0.2) is 0 Å². The third kappa shape index (κ3) is 3.39. The van der Waals surface area contributed by atoms with E-state index >= 15 is 0 Å². The maximum absolute atomic E-state index is 12.6. The van der Waals surface area contributed by atoms with E-state index < -0.39 is 0 Å². The summed E-state index contributed by atoms with van der Waals surface area (Å²) < 4.78 is 0. The zero-order valence-electron chi connectivity index (χ0n) is 11.5. The highest BCUT2D eigenvalue weighted by Gasteiger charge is 2.31. The van der Waals surface area contributed by atoms with Gasteiger partial charge in [0.25, 0.3) is 0 Å². The number of hydrogen-bond acceptors (Lipinski definition) is 4. The topological polar surface area (TPSA) is 35.6 Å². The van der Waals surface area contributed by atoms with Crippen LogP contribution in [0.4, 0.5) is 0 Å². The van der Waals surface area contributed by atoms with Crippen molar-refractivity contribution in [3.05, 3.63) is 0 Å². The summed E-state index contributed by atoms with van der Waals surface area (Å²) in [5.41, 5.74) is 0. The maximum Gasteiger partial charge on any atom is 0.240 e. The average Bonchev–Trinajstić information content (AvgIpc) is 2.60. The van der Waals surface area contributed by atoms with Crippen molar-refractivity contribution in [1.82, 2.24) is 15.1 Å².